The van der Waals surface area contributed by atoms with E-state index in [1.807, 2.05) is 23.6 Å². The van der Waals surface area contributed by atoms with E-state index in [1.165, 1.54) is 16.7 Å². The summed E-state index contributed by atoms with van der Waals surface area (Å²) in [6.45, 7) is -0.158. The summed E-state index contributed by atoms with van der Waals surface area (Å²) in [6.07, 6.45) is 0. The Morgan fingerprint density at radius 3 is 2.55 bits per heavy atom. The van der Waals surface area contributed by atoms with Crippen LogP contribution in [0.4, 0.5) is 5.13 Å². The molecular weight excluding hydrogens is 430 g/mol. The van der Waals surface area contributed by atoms with Crippen LogP contribution in [0, 0.1) is 0 Å². The minimum Gasteiger partial charge on any atom is -0.497 e. The molecule has 8 heteroatoms. The largest absolute Gasteiger partial charge is 0.497 e. The number of carbonyl (C=O) groups is 1. The summed E-state index contributed by atoms with van der Waals surface area (Å²) in [7, 11) is 1.59. The van der Waals surface area contributed by atoms with E-state index in [2.05, 4.69) is 39.9 Å². The van der Waals surface area contributed by atoms with Gasteiger partial charge in [0.2, 0.25) is 0 Å². The van der Waals surface area contributed by atoms with Gasteiger partial charge in [-0.3, -0.25) is 10.1 Å². The number of nitrogens with zero attached hydrogens (tertiary/aromatic N) is 1. The molecule has 0 bridgehead atoms. The SMILES string of the molecule is COc1ccc(OCC(=O)NC(=S)Nc2nc(-c3ccc4ccccc4c3)cs2)cc1. The summed E-state index contributed by atoms with van der Waals surface area (Å²) in [4.78, 5) is 16.7. The fourth-order valence-electron chi connectivity index (χ4n) is 2.92. The Balaban J connectivity index is 1.31. The molecule has 1 amide bonds. The summed E-state index contributed by atoms with van der Waals surface area (Å²) >= 11 is 6.63. The second-order valence-corrected chi connectivity index (χ2v) is 7.83. The zero-order chi connectivity index (χ0) is 21.6. The van der Waals surface area contributed by atoms with Crippen molar-refractivity contribution in [2.45, 2.75) is 0 Å². The number of carbonyl (C=O) groups excluding carboxylic acids is 1. The minimum absolute atomic E-state index is 0.158. The number of aromatic nitrogens is 1. The Morgan fingerprint density at radius 2 is 1.77 bits per heavy atom. The molecule has 156 valence electrons. The van der Waals surface area contributed by atoms with E-state index in [9.17, 15) is 4.79 Å². The molecule has 1 aromatic heterocycles. The maximum Gasteiger partial charge on any atom is 0.264 e. The molecule has 31 heavy (non-hydrogen) atoms. The molecule has 0 atom stereocenters. The average Bonchev–Trinajstić information content (AvgIpc) is 3.26. The molecule has 4 rings (SSSR count). The van der Waals surface area contributed by atoms with Crippen LogP contribution in [-0.2, 0) is 4.79 Å². The monoisotopic (exact) mass is 449 g/mol. The van der Waals surface area contributed by atoms with Crippen LogP contribution in [0.3, 0.4) is 0 Å². The van der Waals surface area contributed by atoms with Gasteiger partial charge in [-0.1, -0.05) is 36.4 Å². The Morgan fingerprint density at radius 1 is 1.03 bits per heavy atom. The molecule has 0 aliphatic rings. The Bertz CT molecular complexity index is 1220. The number of fused-ring (bicyclic) bond motifs is 1. The number of thiazole rings is 1. The molecule has 6 nitrogen and oxygen atoms in total. The topological polar surface area (TPSA) is 72.5 Å². The maximum absolute atomic E-state index is 12.1. The van der Waals surface area contributed by atoms with E-state index >= 15 is 0 Å². The molecule has 2 N–H and O–H groups in total. The molecule has 0 spiro atoms. The zero-order valence-corrected chi connectivity index (χ0v) is 18.3. The van der Waals surface area contributed by atoms with Gasteiger partial charge in [0, 0.05) is 10.9 Å². The van der Waals surface area contributed by atoms with Crippen LogP contribution in [0.25, 0.3) is 22.0 Å². The first-order chi connectivity index (χ1) is 15.1. The number of nitrogens with one attached hydrogen (secondary N) is 2. The molecule has 0 aliphatic carbocycles. The number of rotatable bonds is 6. The molecule has 1 heterocycles. The summed E-state index contributed by atoms with van der Waals surface area (Å²) in [5.74, 6) is 0.920. The standard InChI is InChI=1S/C23H19N3O3S2/c1-28-18-8-10-19(11-9-18)29-13-21(27)25-22(30)26-23-24-20(14-31-23)17-7-6-15-4-2-3-5-16(15)12-17/h2-12,14H,13H2,1H3,(H2,24,25,26,27,30). The lowest BCUT2D eigenvalue weighted by atomic mass is 10.1. The summed E-state index contributed by atoms with van der Waals surface area (Å²) < 4.78 is 10.5. The van der Waals surface area contributed by atoms with Gasteiger partial charge in [-0.2, -0.15) is 0 Å². The molecule has 0 radical (unpaired) electrons. The van der Waals surface area contributed by atoms with E-state index in [0.717, 1.165) is 16.6 Å². The van der Waals surface area contributed by atoms with E-state index in [0.29, 0.717) is 16.6 Å². The van der Waals surface area contributed by atoms with Crippen LogP contribution in [-0.4, -0.2) is 29.7 Å². The highest BCUT2D eigenvalue weighted by Gasteiger charge is 2.10. The van der Waals surface area contributed by atoms with Crippen molar-refractivity contribution in [3.8, 4) is 22.8 Å². The lowest BCUT2D eigenvalue weighted by Crippen LogP contribution is -2.37. The molecule has 0 fully saturated rings. The van der Waals surface area contributed by atoms with Crippen LogP contribution in [0.2, 0.25) is 0 Å². The second-order valence-electron chi connectivity index (χ2n) is 6.57. The van der Waals surface area contributed by atoms with E-state index in [-0.39, 0.29) is 17.6 Å². The fraction of sp³-hybridized carbons (Fsp3) is 0.0870. The first-order valence-electron chi connectivity index (χ1n) is 9.43. The van der Waals surface area contributed by atoms with Crippen molar-refractivity contribution in [1.29, 1.82) is 0 Å². The van der Waals surface area contributed by atoms with Crippen molar-refractivity contribution in [1.82, 2.24) is 10.3 Å². The zero-order valence-electron chi connectivity index (χ0n) is 16.6. The first kappa shape index (κ1) is 20.8. The number of amides is 1. The van der Waals surface area contributed by atoms with E-state index < -0.39 is 0 Å². The normalized spacial score (nSPS) is 10.5. The first-order valence-corrected chi connectivity index (χ1v) is 10.7. The van der Waals surface area contributed by atoms with Crippen molar-refractivity contribution < 1.29 is 14.3 Å². The van der Waals surface area contributed by atoms with E-state index in [4.69, 9.17) is 21.7 Å². The maximum atomic E-state index is 12.1. The fourth-order valence-corrected chi connectivity index (χ4v) is 3.92. The second kappa shape index (κ2) is 9.55. The summed E-state index contributed by atoms with van der Waals surface area (Å²) in [6, 6.07) is 21.4. The Hall–Kier alpha value is -3.49. The minimum atomic E-state index is -0.361. The van der Waals surface area contributed by atoms with Gasteiger partial charge < -0.3 is 14.8 Å². The van der Waals surface area contributed by atoms with Crippen LogP contribution in [0.1, 0.15) is 0 Å². The smallest absolute Gasteiger partial charge is 0.264 e. The lowest BCUT2D eigenvalue weighted by molar-refractivity contribution is -0.121. The average molecular weight is 450 g/mol. The van der Waals surface area contributed by atoms with E-state index in [1.54, 1.807) is 31.4 Å². The van der Waals surface area contributed by atoms with Gasteiger partial charge in [-0.15, -0.1) is 11.3 Å². The van der Waals surface area contributed by atoms with Gasteiger partial charge in [-0.25, -0.2) is 4.98 Å². The lowest BCUT2D eigenvalue weighted by Gasteiger charge is -2.09. The van der Waals surface area contributed by atoms with Gasteiger partial charge in [-0.05, 0) is 53.3 Å². The summed E-state index contributed by atoms with van der Waals surface area (Å²) in [5, 5.41) is 10.6. The van der Waals surface area contributed by atoms with Crippen molar-refractivity contribution in [2.75, 3.05) is 19.0 Å². The molecule has 4 aromatic rings. The number of anilines is 1. The highest BCUT2D eigenvalue weighted by molar-refractivity contribution is 7.80. The van der Waals surface area contributed by atoms with Crippen molar-refractivity contribution >= 4 is 50.5 Å². The number of thiocarbonyl (C=S) groups is 1. The van der Waals surface area contributed by atoms with Gasteiger partial charge in [0.05, 0.1) is 12.8 Å². The number of methoxy groups -OCH3 is 1. The van der Waals surface area contributed by atoms with Crippen LogP contribution < -0.4 is 20.1 Å². The number of benzene rings is 3. The molecule has 3 aromatic carbocycles. The third kappa shape index (κ3) is 5.36. The predicted octanol–water partition coefficient (Wildman–Crippen LogP) is 4.86. The third-order valence-corrected chi connectivity index (χ3v) is 5.41. The van der Waals surface area contributed by atoms with Gasteiger partial charge >= 0.3 is 0 Å². The van der Waals surface area contributed by atoms with Crippen LogP contribution in [0.15, 0.2) is 72.1 Å². The van der Waals surface area contributed by atoms with Crippen LogP contribution >= 0.6 is 23.6 Å². The van der Waals surface area contributed by atoms with Gasteiger partial charge in [0.25, 0.3) is 5.91 Å². The Labute approximate surface area is 188 Å². The molecule has 0 aliphatic heterocycles. The van der Waals surface area contributed by atoms with Crippen LogP contribution in [0.5, 0.6) is 11.5 Å². The predicted molar refractivity (Wildman–Crippen MR) is 128 cm³/mol. The molecular formula is C23H19N3O3S2. The third-order valence-electron chi connectivity index (χ3n) is 4.45. The van der Waals surface area contributed by atoms with Crippen molar-refractivity contribution in [3.05, 3.63) is 72.1 Å². The number of hydrogen-bond donors (Lipinski definition) is 2. The Kier molecular flexibility index (Phi) is 6.40. The van der Waals surface area contributed by atoms with Gasteiger partial charge in [0.1, 0.15) is 11.5 Å². The number of hydrogen-bond acceptors (Lipinski definition) is 6. The molecule has 0 saturated heterocycles. The van der Waals surface area contributed by atoms with Gasteiger partial charge in [0.15, 0.2) is 16.9 Å². The quantitative estimate of drug-likeness (QED) is 0.410. The molecule has 0 saturated carbocycles. The summed E-state index contributed by atoms with van der Waals surface area (Å²) in [5.41, 5.74) is 1.86. The molecule has 0 unspecified atom stereocenters. The highest BCUT2D eigenvalue weighted by Crippen LogP contribution is 2.27. The van der Waals surface area contributed by atoms with Crippen molar-refractivity contribution in [3.63, 3.8) is 0 Å². The highest BCUT2D eigenvalue weighted by atomic mass is 32.1. The van der Waals surface area contributed by atoms with Crippen molar-refractivity contribution in [2.24, 2.45) is 0 Å². The number of ether oxygens (including phenoxy) is 2.